The fraction of sp³-hybridized carbons (Fsp3) is 0.143. The zero-order chi connectivity index (χ0) is 22.9. The molecule has 2 aromatic carbocycles. The molecule has 0 unspecified atom stereocenters. The van der Waals surface area contributed by atoms with E-state index < -0.39 is 10.0 Å². The number of sulfonamides is 1. The molecule has 0 spiro atoms. The molecule has 1 N–H and O–H groups in total. The van der Waals surface area contributed by atoms with Crippen LogP contribution in [-0.2, 0) is 10.0 Å². The van der Waals surface area contributed by atoms with Crippen molar-refractivity contribution >= 4 is 38.6 Å². The van der Waals surface area contributed by atoms with E-state index in [0.717, 1.165) is 5.56 Å². The van der Waals surface area contributed by atoms with Crippen molar-refractivity contribution in [2.75, 3.05) is 18.9 Å². The van der Waals surface area contributed by atoms with E-state index in [1.54, 1.807) is 49.4 Å². The van der Waals surface area contributed by atoms with Crippen LogP contribution < -0.4 is 14.2 Å². The molecule has 0 amide bonds. The number of hydrogen-bond donors (Lipinski definition) is 1. The molecular weight excluding hydrogens is 474 g/mol. The Morgan fingerprint density at radius 1 is 1.06 bits per heavy atom. The fourth-order valence-corrected chi connectivity index (χ4v) is 5.67. The van der Waals surface area contributed by atoms with Gasteiger partial charge in [0.05, 0.1) is 24.8 Å². The molecule has 8 nitrogen and oxygen atoms in total. The van der Waals surface area contributed by atoms with Crippen molar-refractivity contribution in [3.05, 3.63) is 58.4 Å². The third-order valence-corrected chi connectivity index (χ3v) is 7.46. The summed E-state index contributed by atoms with van der Waals surface area (Å²) in [6.07, 6.45) is 0. The molecule has 2 aromatic heterocycles. The highest BCUT2D eigenvalue weighted by Gasteiger charge is 2.24. The molecule has 0 fully saturated rings. The zero-order valence-electron chi connectivity index (χ0n) is 17.2. The average molecular weight is 492 g/mol. The van der Waals surface area contributed by atoms with Crippen LogP contribution in [0.4, 0.5) is 5.69 Å². The summed E-state index contributed by atoms with van der Waals surface area (Å²) in [7, 11) is -0.961. The number of hydrogen-bond acceptors (Lipinski definition) is 8. The molecule has 166 valence electrons. The molecule has 11 heteroatoms. The van der Waals surface area contributed by atoms with E-state index in [4.69, 9.17) is 25.6 Å². The summed E-state index contributed by atoms with van der Waals surface area (Å²) < 4.78 is 44.6. The van der Waals surface area contributed by atoms with Crippen molar-refractivity contribution in [3.8, 4) is 33.7 Å². The van der Waals surface area contributed by atoms with Crippen LogP contribution >= 0.6 is 22.9 Å². The molecule has 0 aliphatic heterocycles. The van der Waals surface area contributed by atoms with E-state index >= 15 is 0 Å². The average Bonchev–Trinajstić information content (AvgIpc) is 3.41. The minimum atomic E-state index is -3.92. The van der Waals surface area contributed by atoms with Crippen LogP contribution in [-0.4, -0.2) is 32.8 Å². The summed E-state index contributed by atoms with van der Waals surface area (Å²) >= 11 is 7.16. The summed E-state index contributed by atoms with van der Waals surface area (Å²) in [4.78, 5) is 5.60. The largest absolute Gasteiger partial charge is 0.497 e. The van der Waals surface area contributed by atoms with Gasteiger partial charge in [-0.25, -0.2) is 8.42 Å². The van der Waals surface area contributed by atoms with E-state index in [-0.39, 0.29) is 16.5 Å². The predicted molar refractivity (Wildman–Crippen MR) is 123 cm³/mol. The molecule has 4 rings (SSSR count). The van der Waals surface area contributed by atoms with Crippen LogP contribution in [0.3, 0.4) is 0 Å². The van der Waals surface area contributed by atoms with Crippen molar-refractivity contribution in [2.24, 2.45) is 0 Å². The van der Waals surface area contributed by atoms with Gasteiger partial charge in [0.15, 0.2) is 0 Å². The van der Waals surface area contributed by atoms with E-state index in [2.05, 4.69) is 14.9 Å². The number of thiophene rings is 1. The Balaban J connectivity index is 1.64. The Hall–Kier alpha value is -3.08. The highest BCUT2D eigenvalue weighted by Crippen LogP contribution is 2.36. The van der Waals surface area contributed by atoms with Crippen molar-refractivity contribution in [1.29, 1.82) is 0 Å². The predicted octanol–water partition coefficient (Wildman–Crippen LogP) is 5.24. The monoisotopic (exact) mass is 491 g/mol. The maximum absolute atomic E-state index is 13.1. The third-order valence-electron chi connectivity index (χ3n) is 4.55. The Kier molecular flexibility index (Phi) is 6.09. The lowest BCUT2D eigenvalue weighted by atomic mass is 10.2. The van der Waals surface area contributed by atoms with Gasteiger partial charge in [0, 0.05) is 21.5 Å². The van der Waals surface area contributed by atoms with Crippen molar-refractivity contribution in [3.63, 3.8) is 0 Å². The number of ether oxygens (including phenoxy) is 2. The normalized spacial score (nSPS) is 11.4. The number of anilines is 1. The van der Waals surface area contributed by atoms with Gasteiger partial charge in [0.2, 0.25) is 5.82 Å². The molecule has 0 saturated heterocycles. The second-order valence-electron chi connectivity index (χ2n) is 6.63. The van der Waals surface area contributed by atoms with E-state index in [1.165, 1.54) is 31.6 Å². The van der Waals surface area contributed by atoms with Crippen molar-refractivity contribution in [1.82, 2.24) is 10.1 Å². The summed E-state index contributed by atoms with van der Waals surface area (Å²) in [5.74, 6) is 1.47. The molecule has 32 heavy (non-hydrogen) atoms. The van der Waals surface area contributed by atoms with E-state index in [9.17, 15) is 8.42 Å². The van der Waals surface area contributed by atoms with Crippen LogP contribution in [0.2, 0.25) is 5.02 Å². The van der Waals surface area contributed by atoms with Crippen LogP contribution in [0.15, 0.2) is 57.9 Å². The lowest BCUT2D eigenvalue weighted by Crippen LogP contribution is -2.14. The van der Waals surface area contributed by atoms with Crippen molar-refractivity contribution in [2.45, 2.75) is 11.8 Å². The number of halogens is 1. The van der Waals surface area contributed by atoms with E-state index in [0.29, 0.717) is 32.1 Å². The second kappa shape index (κ2) is 8.81. The van der Waals surface area contributed by atoms with Crippen LogP contribution in [0.1, 0.15) is 4.88 Å². The summed E-state index contributed by atoms with van der Waals surface area (Å²) in [5.41, 5.74) is 0.999. The fourth-order valence-electron chi connectivity index (χ4n) is 2.97. The summed E-state index contributed by atoms with van der Waals surface area (Å²) in [6, 6.07) is 13.4. The Labute approximate surface area is 193 Å². The number of methoxy groups -OCH3 is 2. The zero-order valence-corrected chi connectivity index (χ0v) is 19.6. The molecule has 0 aliphatic carbocycles. The second-order valence-corrected chi connectivity index (χ2v) is 9.98. The number of benzene rings is 2. The molecule has 0 saturated carbocycles. The van der Waals surface area contributed by atoms with Gasteiger partial charge >= 0.3 is 0 Å². The van der Waals surface area contributed by atoms with Crippen LogP contribution in [0.25, 0.3) is 22.2 Å². The molecule has 0 bridgehead atoms. The molecule has 0 atom stereocenters. The molecule has 0 aliphatic rings. The van der Waals surface area contributed by atoms with Crippen LogP contribution in [0, 0.1) is 6.92 Å². The lowest BCUT2D eigenvalue weighted by molar-refractivity contribution is 0.405. The molecule has 0 radical (unpaired) electrons. The summed E-state index contributed by atoms with van der Waals surface area (Å²) in [6.45, 7) is 1.71. The standard InChI is InChI=1S/C21H18ClN3O5S2/c1-12-19(32(26,27)25-16-10-15(28-2)8-9-17(16)29-3)11-18(31-12)21-23-20(24-30-21)13-4-6-14(22)7-5-13/h4-11,25H,1-3H3. The number of rotatable bonds is 7. The summed E-state index contributed by atoms with van der Waals surface area (Å²) in [5, 5.41) is 4.58. The molecule has 2 heterocycles. The van der Waals surface area contributed by atoms with Gasteiger partial charge in [0.25, 0.3) is 15.9 Å². The number of nitrogens with one attached hydrogen (secondary N) is 1. The number of aryl methyl sites for hydroxylation is 1. The van der Waals surface area contributed by atoms with E-state index in [1.807, 2.05) is 0 Å². The first-order chi connectivity index (χ1) is 15.3. The Morgan fingerprint density at radius 2 is 1.81 bits per heavy atom. The van der Waals surface area contributed by atoms with Gasteiger partial charge in [-0.3, -0.25) is 4.72 Å². The minimum Gasteiger partial charge on any atom is -0.497 e. The van der Waals surface area contributed by atoms with Gasteiger partial charge in [-0.15, -0.1) is 11.3 Å². The van der Waals surface area contributed by atoms with Gasteiger partial charge in [0.1, 0.15) is 16.4 Å². The first kappa shape index (κ1) is 22.1. The van der Waals surface area contributed by atoms with Gasteiger partial charge < -0.3 is 14.0 Å². The topological polar surface area (TPSA) is 104 Å². The Morgan fingerprint density at radius 3 is 2.50 bits per heavy atom. The minimum absolute atomic E-state index is 0.105. The SMILES string of the molecule is COc1ccc(OC)c(NS(=O)(=O)c2cc(-c3nc(-c4ccc(Cl)cc4)no3)sc2C)c1. The van der Waals surface area contributed by atoms with Gasteiger partial charge in [-0.2, -0.15) is 4.98 Å². The molecule has 4 aromatic rings. The van der Waals surface area contributed by atoms with Crippen LogP contribution in [0.5, 0.6) is 11.5 Å². The first-order valence-corrected chi connectivity index (χ1v) is 11.9. The first-order valence-electron chi connectivity index (χ1n) is 9.26. The van der Waals surface area contributed by atoms with Gasteiger partial charge in [-0.05, 0) is 49.4 Å². The third kappa shape index (κ3) is 4.43. The highest BCUT2D eigenvalue weighted by molar-refractivity contribution is 7.93. The Bertz CT molecular complexity index is 1360. The number of nitrogens with zero attached hydrogens (tertiary/aromatic N) is 2. The highest BCUT2D eigenvalue weighted by atomic mass is 35.5. The smallest absolute Gasteiger partial charge is 0.268 e. The maximum Gasteiger partial charge on any atom is 0.268 e. The van der Waals surface area contributed by atoms with Gasteiger partial charge in [-0.1, -0.05) is 16.8 Å². The maximum atomic E-state index is 13.1. The number of aromatic nitrogens is 2. The quantitative estimate of drug-likeness (QED) is 0.376. The van der Waals surface area contributed by atoms with Crippen molar-refractivity contribution < 1.29 is 22.4 Å². The molecular formula is C21H18ClN3O5S2. The lowest BCUT2D eigenvalue weighted by Gasteiger charge is -2.13.